The van der Waals surface area contributed by atoms with Gasteiger partial charge in [-0.1, -0.05) is 37.1 Å². The molecule has 6 nitrogen and oxygen atoms in total. The van der Waals surface area contributed by atoms with Crippen LogP contribution in [0.1, 0.15) is 62.2 Å². The summed E-state index contributed by atoms with van der Waals surface area (Å²) in [6, 6.07) is 13.4. The Bertz CT molecular complexity index is 1090. The highest BCUT2D eigenvalue weighted by Gasteiger charge is 2.39. The minimum Gasteiger partial charge on any atom is -0.488 e. The summed E-state index contributed by atoms with van der Waals surface area (Å²) in [5.74, 6) is 0.519. The number of para-hydroxylation sites is 1. The van der Waals surface area contributed by atoms with E-state index in [0.29, 0.717) is 42.4 Å². The Morgan fingerprint density at radius 3 is 2.44 bits per heavy atom. The molecule has 8 heteroatoms. The Labute approximate surface area is 207 Å². The summed E-state index contributed by atoms with van der Waals surface area (Å²) in [6.45, 7) is 3.69. The largest absolute Gasteiger partial charge is 0.488 e. The molecule has 184 valence electrons. The van der Waals surface area contributed by atoms with E-state index in [1.807, 2.05) is 29.2 Å². The van der Waals surface area contributed by atoms with Crippen LogP contribution < -0.4 is 4.74 Å². The average Bonchev–Trinajstić information content (AvgIpc) is 2.83. The fourth-order valence-electron chi connectivity index (χ4n) is 4.99. The third-order valence-electron chi connectivity index (χ3n) is 6.69. The molecule has 0 unspecified atom stereocenters. The van der Waals surface area contributed by atoms with Gasteiger partial charge < -0.3 is 9.64 Å². The Hall–Kier alpha value is -2.09. The van der Waals surface area contributed by atoms with Gasteiger partial charge in [-0.05, 0) is 74.9 Å². The van der Waals surface area contributed by atoms with Crippen LogP contribution >= 0.6 is 11.6 Å². The number of hydrogen-bond acceptors (Lipinski definition) is 4. The van der Waals surface area contributed by atoms with Crippen LogP contribution in [0.3, 0.4) is 0 Å². The number of fused-ring (bicyclic) bond motifs is 2. The Balaban J connectivity index is 1.73. The monoisotopic (exact) mass is 504 g/mol. The summed E-state index contributed by atoms with van der Waals surface area (Å²) in [6.07, 6.45) is 5.34. The van der Waals surface area contributed by atoms with E-state index in [1.54, 1.807) is 28.6 Å². The van der Waals surface area contributed by atoms with Crippen molar-refractivity contribution in [2.24, 2.45) is 0 Å². The smallest absolute Gasteiger partial charge is 0.257 e. The van der Waals surface area contributed by atoms with Crippen molar-refractivity contribution in [3.8, 4) is 5.75 Å². The molecule has 1 saturated carbocycles. The zero-order valence-electron chi connectivity index (χ0n) is 19.7. The van der Waals surface area contributed by atoms with Crippen LogP contribution in [-0.4, -0.2) is 55.3 Å². The van der Waals surface area contributed by atoms with E-state index < -0.39 is 10.0 Å². The number of benzene rings is 2. The number of nitrogens with zero attached hydrogens (tertiary/aromatic N) is 2. The first-order valence-corrected chi connectivity index (χ1v) is 14.1. The van der Waals surface area contributed by atoms with Gasteiger partial charge in [0.1, 0.15) is 11.9 Å². The van der Waals surface area contributed by atoms with Gasteiger partial charge in [-0.2, -0.15) is 4.31 Å². The van der Waals surface area contributed by atoms with Crippen LogP contribution in [0.2, 0.25) is 5.02 Å². The first-order valence-electron chi connectivity index (χ1n) is 12.2. The standard InChI is InChI=1S/C26H33ClN2O4S/c1-2-17-28-18-7-8-19-29(34(31,32)21-15-13-20(27)14-16-21)23-10-4-6-12-25(23)33-24-11-5-3-9-22(24)26(28)30/h3,5,9,11,13-16,23,25H,2,4,6-8,10,12,17-19H2,1H3/t23-,25+/m1/s1. The molecular weight excluding hydrogens is 472 g/mol. The van der Waals surface area contributed by atoms with Crippen LogP contribution in [0.25, 0.3) is 0 Å². The average molecular weight is 505 g/mol. The molecule has 0 bridgehead atoms. The molecule has 2 aromatic carbocycles. The first-order chi connectivity index (χ1) is 16.4. The van der Waals surface area contributed by atoms with E-state index in [0.717, 1.165) is 38.5 Å². The van der Waals surface area contributed by atoms with Gasteiger partial charge in [-0.25, -0.2) is 8.42 Å². The van der Waals surface area contributed by atoms with E-state index >= 15 is 0 Å². The first kappa shape index (κ1) is 25.0. The summed E-state index contributed by atoms with van der Waals surface area (Å²) in [4.78, 5) is 15.5. The van der Waals surface area contributed by atoms with Crippen molar-refractivity contribution in [1.29, 1.82) is 0 Å². The number of sulfonamides is 1. The van der Waals surface area contributed by atoms with Crippen molar-refractivity contribution in [2.45, 2.75) is 68.9 Å². The van der Waals surface area contributed by atoms with Gasteiger partial charge >= 0.3 is 0 Å². The van der Waals surface area contributed by atoms with Crippen molar-refractivity contribution in [2.75, 3.05) is 19.6 Å². The van der Waals surface area contributed by atoms with E-state index in [-0.39, 0.29) is 22.9 Å². The van der Waals surface area contributed by atoms with Gasteiger partial charge in [-0.3, -0.25) is 4.79 Å². The SMILES string of the molecule is CCCN1CCCCN(S(=O)(=O)c2ccc(Cl)cc2)[C@@H]2CCCC[C@@H]2Oc2ccccc2C1=O. The van der Waals surface area contributed by atoms with Crippen LogP contribution in [0, 0.1) is 0 Å². The molecule has 1 fully saturated rings. The quantitative estimate of drug-likeness (QED) is 0.561. The number of rotatable bonds is 4. The fraction of sp³-hybridized carbons (Fsp3) is 0.500. The third kappa shape index (κ3) is 5.42. The second-order valence-corrected chi connectivity index (χ2v) is 11.4. The molecule has 0 saturated heterocycles. The third-order valence-corrected chi connectivity index (χ3v) is 8.88. The Morgan fingerprint density at radius 2 is 1.68 bits per heavy atom. The normalized spacial score (nSPS) is 22.6. The number of halogens is 1. The van der Waals surface area contributed by atoms with Gasteiger partial charge in [0.25, 0.3) is 5.91 Å². The van der Waals surface area contributed by atoms with Gasteiger partial charge in [0.05, 0.1) is 16.5 Å². The minimum absolute atomic E-state index is 0.0176. The number of carbonyl (C=O) groups excluding carboxylic acids is 1. The molecule has 34 heavy (non-hydrogen) atoms. The molecule has 0 N–H and O–H groups in total. The molecule has 1 aliphatic heterocycles. The molecule has 2 aromatic rings. The van der Waals surface area contributed by atoms with Crippen molar-refractivity contribution in [1.82, 2.24) is 9.21 Å². The second-order valence-electron chi connectivity index (χ2n) is 9.07. The fourth-order valence-corrected chi connectivity index (χ4v) is 6.83. The highest BCUT2D eigenvalue weighted by molar-refractivity contribution is 7.89. The predicted octanol–water partition coefficient (Wildman–Crippen LogP) is 5.37. The summed E-state index contributed by atoms with van der Waals surface area (Å²) >= 11 is 6.02. The van der Waals surface area contributed by atoms with Crippen molar-refractivity contribution in [3.05, 3.63) is 59.1 Å². The molecule has 1 aliphatic carbocycles. The summed E-state index contributed by atoms with van der Waals surface area (Å²) < 4.78 is 35.7. The van der Waals surface area contributed by atoms with Crippen LogP contribution in [0.4, 0.5) is 0 Å². The Morgan fingerprint density at radius 1 is 0.971 bits per heavy atom. The molecular formula is C26H33ClN2O4S. The van der Waals surface area contributed by atoms with Gasteiger partial charge in [0.15, 0.2) is 0 Å². The molecule has 2 atom stereocenters. The molecule has 1 heterocycles. The van der Waals surface area contributed by atoms with Gasteiger partial charge in [0.2, 0.25) is 10.0 Å². The van der Waals surface area contributed by atoms with Crippen molar-refractivity contribution < 1.29 is 17.9 Å². The van der Waals surface area contributed by atoms with Crippen LogP contribution in [0.5, 0.6) is 5.75 Å². The molecule has 1 amide bonds. The van der Waals surface area contributed by atoms with Crippen molar-refractivity contribution >= 4 is 27.5 Å². The van der Waals surface area contributed by atoms with E-state index in [4.69, 9.17) is 16.3 Å². The lowest BCUT2D eigenvalue weighted by molar-refractivity contribution is 0.0636. The topological polar surface area (TPSA) is 66.9 Å². The molecule has 2 aliphatic rings. The van der Waals surface area contributed by atoms with E-state index in [1.165, 1.54) is 0 Å². The predicted molar refractivity (Wildman–Crippen MR) is 134 cm³/mol. The van der Waals surface area contributed by atoms with Crippen molar-refractivity contribution in [3.63, 3.8) is 0 Å². The van der Waals surface area contributed by atoms with E-state index in [2.05, 4.69) is 6.92 Å². The summed E-state index contributed by atoms with van der Waals surface area (Å²) in [5.41, 5.74) is 0.549. The molecule has 4 rings (SSSR count). The zero-order chi connectivity index (χ0) is 24.1. The molecule has 0 spiro atoms. The van der Waals surface area contributed by atoms with E-state index in [9.17, 15) is 13.2 Å². The highest BCUT2D eigenvalue weighted by atomic mass is 35.5. The zero-order valence-corrected chi connectivity index (χ0v) is 21.2. The lowest BCUT2D eigenvalue weighted by Gasteiger charge is -2.40. The number of hydrogen-bond donors (Lipinski definition) is 0. The number of amides is 1. The number of ether oxygens (including phenoxy) is 1. The molecule has 0 radical (unpaired) electrons. The lowest BCUT2D eigenvalue weighted by Crippen LogP contribution is -2.51. The highest BCUT2D eigenvalue weighted by Crippen LogP contribution is 2.33. The van der Waals surface area contributed by atoms with Gasteiger partial charge in [-0.15, -0.1) is 0 Å². The lowest BCUT2D eigenvalue weighted by atomic mass is 9.92. The van der Waals surface area contributed by atoms with Crippen LogP contribution in [-0.2, 0) is 10.0 Å². The van der Waals surface area contributed by atoms with Gasteiger partial charge in [0, 0.05) is 24.7 Å². The summed E-state index contributed by atoms with van der Waals surface area (Å²) in [5, 5.41) is 0.504. The maximum atomic E-state index is 13.8. The maximum absolute atomic E-state index is 13.8. The summed E-state index contributed by atoms with van der Waals surface area (Å²) in [7, 11) is -3.74. The Kier molecular flexibility index (Phi) is 8.17. The van der Waals surface area contributed by atoms with Crippen LogP contribution in [0.15, 0.2) is 53.4 Å². The second kappa shape index (κ2) is 11.1. The minimum atomic E-state index is -3.74. The molecule has 0 aromatic heterocycles. The maximum Gasteiger partial charge on any atom is 0.257 e. The number of carbonyl (C=O) groups is 1.